The fourth-order valence-corrected chi connectivity index (χ4v) is 5.14. The summed E-state index contributed by atoms with van der Waals surface area (Å²) < 4.78 is 12.2. The van der Waals surface area contributed by atoms with Crippen molar-refractivity contribution in [3.8, 4) is 5.75 Å². The van der Waals surface area contributed by atoms with Gasteiger partial charge in [-0.2, -0.15) is 0 Å². The summed E-state index contributed by atoms with van der Waals surface area (Å²) >= 11 is 1.52. The smallest absolute Gasteiger partial charge is 0.233 e. The van der Waals surface area contributed by atoms with E-state index in [1.165, 1.54) is 11.3 Å². The van der Waals surface area contributed by atoms with Gasteiger partial charge in [0, 0.05) is 6.61 Å². The van der Waals surface area contributed by atoms with Gasteiger partial charge in [-0.25, -0.2) is 4.98 Å². The van der Waals surface area contributed by atoms with Crippen molar-refractivity contribution < 1.29 is 14.3 Å². The zero-order valence-corrected chi connectivity index (χ0v) is 18.2. The van der Waals surface area contributed by atoms with Gasteiger partial charge in [-0.15, -0.1) is 0 Å². The van der Waals surface area contributed by atoms with Crippen LogP contribution in [0.1, 0.15) is 18.4 Å². The Balaban J connectivity index is 1.48. The van der Waals surface area contributed by atoms with Crippen molar-refractivity contribution in [3.63, 3.8) is 0 Å². The molecule has 1 fully saturated rings. The lowest BCUT2D eigenvalue weighted by molar-refractivity contribution is -0.118. The van der Waals surface area contributed by atoms with E-state index in [1.807, 2.05) is 47.4 Å². The minimum atomic E-state index is 0.0397. The molecule has 1 aromatic heterocycles. The number of methoxy groups -OCH3 is 1. The quantitative estimate of drug-likeness (QED) is 0.420. The molecule has 5 rings (SSSR count). The van der Waals surface area contributed by atoms with Crippen LogP contribution in [-0.4, -0.2) is 37.3 Å². The maximum absolute atomic E-state index is 13.6. The highest BCUT2D eigenvalue weighted by Gasteiger charge is 2.26. The van der Waals surface area contributed by atoms with Gasteiger partial charge in [-0.3, -0.25) is 9.69 Å². The van der Waals surface area contributed by atoms with E-state index in [-0.39, 0.29) is 12.0 Å². The molecule has 1 atom stereocenters. The third kappa shape index (κ3) is 4.13. The van der Waals surface area contributed by atoms with Crippen molar-refractivity contribution in [1.29, 1.82) is 0 Å². The van der Waals surface area contributed by atoms with Gasteiger partial charge < -0.3 is 9.47 Å². The molecule has 0 saturated carbocycles. The number of amides is 1. The van der Waals surface area contributed by atoms with E-state index in [0.29, 0.717) is 18.1 Å². The molecule has 1 unspecified atom stereocenters. The van der Waals surface area contributed by atoms with Crippen LogP contribution in [0.25, 0.3) is 21.0 Å². The molecule has 1 aliphatic rings. The number of ether oxygens (including phenoxy) is 2. The first-order valence-electron chi connectivity index (χ1n) is 10.5. The Morgan fingerprint density at radius 2 is 2.06 bits per heavy atom. The summed E-state index contributed by atoms with van der Waals surface area (Å²) in [6.07, 6.45) is 2.38. The zero-order valence-electron chi connectivity index (χ0n) is 17.4. The Labute approximate surface area is 185 Å². The Morgan fingerprint density at radius 1 is 1.19 bits per heavy atom. The molecule has 0 N–H and O–H groups in total. The maximum Gasteiger partial charge on any atom is 0.233 e. The summed E-state index contributed by atoms with van der Waals surface area (Å²) in [6, 6.07) is 20.1. The highest BCUT2D eigenvalue weighted by Crippen LogP contribution is 2.33. The summed E-state index contributed by atoms with van der Waals surface area (Å²) in [5.41, 5.74) is 1.90. The minimum absolute atomic E-state index is 0.0397. The van der Waals surface area contributed by atoms with Crippen molar-refractivity contribution in [3.05, 3.63) is 66.2 Å². The number of carbonyl (C=O) groups is 1. The van der Waals surface area contributed by atoms with Gasteiger partial charge in [0.15, 0.2) is 5.13 Å². The molecule has 0 spiro atoms. The van der Waals surface area contributed by atoms with Gasteiger partial charge in [-0.1, -0.05) is 53.8 Å². The molecule has 31 heavy (non-hydrogen) atoms. The van der Waals surface area contributed by atoms with Crippen LogP contribution in [0.3, 0.4) is 0 Å². The lowest BCUT2D eigenvalue weighted by Gasteiger charge is -2.23. The average Bonchev–Trinajstić information content (AvgIpc) is 3.46. The highest BCUT2D eigenvalue weighted by molar-refractivity contribution is 7.22. The van der Waals surface area contributed by atoms with Gasteiger partial charge in [0.2, 0.25) is 5.91 Å². The third-order valence-electron chi connectivity index (χ3n) is 5.75. The second-order valence-electron chi connectivity index (χ2n) is 7.78. The van der Waals surface area contributed by atoms with Crippen molar-refractivity contribution in [2.75, 3.05) is 25.2 Å². The summed E-state index contributed by atoms with van der Waals surface area (Å²) in [5, 5.41) is 2.97. The molecule has 1 amide bonds. The molecule has 6 heteroatoms. The van der Waals surface area contributed by atoms with Gasteiger partial charge in [0.25, 0.3) is 0 Å². The molecule has 0 aliphatic carbocycles. The van der Waals surface area contributed by atoms with E-state index in [9.17, 15) is 4.79 Å². The van der Waals surface area contributed by atoms with Crippen molar-refractivity contribution in [1.82, 2.24) is 4.98 Å². The van der Waals surface area contributed by atoms with Crippen LogP contribution >= 0.6 is 11.3 Å². The third-order valence-corrected chi connectivity index (χ3v) is 6.79. The summed E-state index contributed by atoms with van der Waals surface area (Å²) in [5.74, 6) is 0.827. The topological polar surface area (TPSA) is 51.7 Å². The second kappa shape index (κ2) is 8.65. The van der Waals surface area contributed by atoms with Crippen LogP contribution in [-0.2, 0) is 16.0 Å². The largest absolute Gasteiger partial charge is 0.497 e. The summed E-state index contributed by atoms with van der Waals surface area (Å²) in [7, 11) is 1.65. The molecular weight excluding hydrogens is 408 g/mol. The number of nitrogens with zero attached hydrogens (tertiary/aromatic N) is 2. The number of hydrogen-bond acceptors (Lipinski definition) is 5. The number of fused-ring (bicyclic) bond motifs is 2. The van der Waals surface area contributed by atoms with Crippen LogP contribution in [0.15, 0.2) is 60.7 Å². The van der Waals surface area contributed by atoms with Crippen molar-refractivity contribution >= 4 is 43.4 Å². The SMILES string of the molecule is COc1ccc2nc(N(CC3CCCO3)C(=O)Cc3cccc4ccccc34)sc2c1. The average molecular weight is 433 g/mol. The number of aromatic nitrogens is 1. The highest BCUT2D eigenvalue weighted by atomic mass is 32.1. The Morgan fingerprint density at radius 3 is 2.90 bits per heavy atom. The Hall–Kier alpha value is -2.96. The van der Waals surface area contributed by atoms with E-state index in [0.717, 1.165) is 51.8 Å². The van der Waals surface area contributed by atoms with E-state index in [1.54, 1.807) is 7.11 Å². The van der Waals surface area contributed by atoms with Crippen LogP contribution < -0.4 is 9.64 Å². The van der Waals surface area contributed by atoms with E-state index in [2.05, 4.69) is 18.2 Å². The molecule has 5 nitrogen and oxygen atoms in total. The molecule has 3 aromatic carbocycles. The van der Waals surface area contributed by atoms with E-state index >= 15 is 0 Å². The van der Waals surface area contributed by atoms with Gasteiger partial charge in [-0.05, 0) is 47.4 Å². The molecule has 1 aliphatic heterocycles. The molecule has 158 valence electrons. The number of thiazole rings is 1. The van der Waals surface area contributed by atoms with Crippen LogP contribution in [0.5, 0.6) is 5.75 Å². The second-order valence-corrected chi connectivity index (χ2v) is 8.79. The first-order chi connectivity index (χ1) is 15.2. The lowest BCUT2D eigenvalue weighted by Crippen LogP contribution is -2.38. The van der Waals surface area contributed by atoms with E-state index < -0.39 is 0 Å². The predicted octanol–water partition coefficient (Wildman–Crippen LogP) is 5.21. The fourth-order valence-electron chi connectivity index (χ4n) is 4.12. The van der Waals surface area contributed by atoms with Gasteiger partial charge in [0.05, 0.1) is 36.4 Å². The molecular formula is C25H24N2O3S. The number of rotatable bonds is 6. The molecule has 2 heterocycles. The number of anilines is 1. The monoisotopic (exact) mass is 432 g/mol. The fraction of sp³-hybridized carbons (Fsp3) is 0.280. The van der Waals surface area contributed by atoms with Crippen LogP contribution in [0.2, 0.25) is 0 Å². The summed E-state index contributed by atoms with van der Waals surface area (Å²) in [6.45, 7) is 1.29. The van der Waals surface area contributed by atoms with Gasteiger partial charge in [0.1, 0.15) is 5.75 Å². The number of hydrogen-bond donors (Lipinski definition) is 0. The van der Waals surface area contributed by atoms with Crippen LogP contribution in [0.4, 0.5) is 5.13 Å². The zero-order chi connectivity index (χ0) is 21.2. The molecule has 1 saturated heterocycles. The summed E-state index contributed by atoms with van der Waals surface area (Å²) in [4.78, 5) is 20.1. The Kier molecular flexibility index (Phi) is 5.57. The first-order valence-corrected chi connectivity index (χ1v) is 11.4. The maximum atomic E-state index is 13.6. The number of carbonyl (C=O) groups excluding carboxylic acids is 1. The van der Waals surface area contributed by atoms with Gasteiger partial charge >= 0.3 is 0 Å². The molecule has 4 aromatic rings. The lowest BCUT2D eigenvalue weighted by atomic mass is 10.0. The minimum Gasteiger partial charge on any atom is -0.497 e. The first kappa shape index (κ1) is 20.0. The van der Waals surface area contributed by atoms with Crippen molar-refractivity contribution in [2.45, 2.75) is 25.4 Å². The van der Waals surface area contributed by atoms with E-state index in [4.69, 9.17) is 14.5 Å². The standard InChI is InChI=1S/C25H24N2O3S/c1-29-19-11-12-22-23(15-19)31-25(26-22)27(16-20-9-5-13-30-20)24(28)14-18-8-4-7-17-6-2-3-10-21(17)18/h2-4,6-8,10-12,15,20H,5,9,13-14,16H2,1H3. The van der Waals surface area contributed by atoms with Crippen LogP contribution in [0, 0.1) is 0 Å². The normalized spacial score (nSPS) is 16.1. The molecule has 0 bridgehead atoms. The number of benzene rings is 3. The van der Waals surface area contributed by atoms with Crippen molar-refractivity contribution in [2.24, 2.45) is 0 Å². The predicted molar refractivity (Wildman–Crippen MR) is 125 cm³/mol. The Bertz CT molecular complexity index is 1220. The molecule has 0 radical (unpaired) electrons.